The van der Waals surface area contributed by atoms with E-state index in [-0.39, 0.29) is 0 Å². The zero-order valence-corrected chi connectivity index (χ0v) is 10.9. The van der Waals surface area contributed by atoms with Gasteiger partial charge in [-0.3, -0.25) is 4.90 Å². The summed E-state index contributed by atoms with van der Waals surface area (Å²) in [7, 11) is 1.45. The molecule has 0 saturated carbocycles. The summed E-state index contributed by atoms with van der Waals surface area (Å²) in [5.41, 5.74) is 0.359. The van der Waals surface area contributed by atoms with Crippen LogP contribution in [0.1, 0.15) is 19.8 Å². The maximum atomic E-state index is 13.0. The van der Waals surface area contributed by atoms with E-state index in [2.05, 4.69) is 5.32 Å². The summed E-state index contributed by atoms with van der Waals surface area (Å²) in [6, 6.07) is 4.01. The fourth-order valence-corrected chi connectivity index (χ4v) is 1.59. The summed E-state index contributed by atoms with van der Waals surface area (Å²) in [5, 5.41) is 11.4. The van der Waals surface area contributed by atoms with Crippen molar-refractivity contribution < 1.29 is 19.1 Å². The van der Waals surface area contributed by atoms with Crippen molar-refractivity contribution in [2.75, 3.05) is 11.9 Å². The molecule has 0 aliphatic heterocycles. The maximum absolute atomic E-state index is 13.0. The number of rotatable bonds is 5. The van der Waals surface area contributed by atoms with Crippen LogP contribution in [-0.2, 0) is 4.79 Å². The Balaban J connectivity index is 2.74. The lowest BCUT2D eigenvalue weighted by Gasteiger charge is -2.21. The molecule has 0 heterocycles. The lowest BCUT2D eigenvalue weighted by Crippen LogP contribution is -2.46. The predicted molar refractivity (Wildman–Crippen MR) is 69.7 cm³/mol. The van der Waals surface area contributed by atoms with Gasteiger partial charge in [-0.2, -0.15) is 0 Å². The summed E-state index contributed by atoms with van der Waals surface area (Å²) in [4.78, 5) is 24.0. The number of anilines is 1. The summed E-state index contributed by atoms with van der Waals surface area (Å²) in [5.74, 6) is -1.54. The molecule has 1 rings (SSSR count). The SMILES string of the molecule is CCC[C@H](NC(=O)N(C)c1cccc(F)c1)C(=O)O. The van der Waals surface area contributed by atoms with Crippen LogP contribution in [0.15, 0.2) is 24.3 Å². The van der Waals surface area contributed by atoms with E-state index in [9.17, 15) is 14.0 Å². The summed E-state index contributed by atoms with van der Waals surface area (Å²) >= 11 is 0. The highest BCUT2D eigenvalue weighted by Gasteiger charge is 2.21. The Morgan fingerprint density at radius 1 is 1.47 bits per heavy atom. The number of amides is 2. The fourth-order valence-electron chi connectivity index (χ4n) is 1.59. The van der Waals surface area contributed by atoms with Crippen molar-refractivity contribution in [3.63, 3.8) is 0 Å². The van der Waals surface area contributed by atoms with E-state index in [4.69, 9.17) is 5.11 Å². The van der Waals surface area contributed by atoms with E-state index < -0.39 is 23.9 Å². The molecule has 0 unspecified atom stereocenters. The van der Waals surface area contributed by atoms with Crippen molar-refractivity contribution >= 4 is 17.7 Å². The number of nitrogens with one attached hydrogen (secondary N) is 1. The number of carboxylic acid groups (broad SMARTS) is 1. The second-order valence-electron chi connectivity index (χ2n) is 4.17. The standard InChI is InChI=1S/C13H17FN2O3/c1-3-5-11(12(17)18)15-13(19)16(2)10-7-4-6-9(14)8-10/h4,6-8,11H,3,5H2,1-2H3,(H,15,19)(H,17,18)/t11-/m0/s1. The molecule has 1 aromatic carbocycles. The number of benzene rings is 1. The van der Waals surface area contributed by atoms with Crippen LogP contribution in [0, 0.1) is 5.82 Å². The minimum atomic E-state index is -1.08. The molecule has 0 bridgehead atoms. The molecule has 1 atom stereocenters. The Labute approximate surface area is 111 Å². The first-order valence-corrected chi connectivity index (χ1v) is 5.98. The van der Waals surface area contributed by atoms with Gasteiger partial charge in [0.05, 0.1) is 0 Å². The van der Waals surface area contributed by atoms with Crippen molar-refractivity contribution in [2.45, 2.75) is 25.8 Å². The Kier molecular flexibility index (Phi) is 5.29. The number of halogens is 1. The van der Waals surface area contributed by atoms with E-state index in [1.807, 2.05) is 6.92 Å². The molecule has 104 valence electrons. The molecule has 6 heteroatoms. The van der Waals surface area contributed by atoms with Gasteiger partial charge in [-0.1, -0.05) is 19.4 Å². The van der Waals surface area contributed by atoms with Crippen molar-refractivity contribution in [3.8, 4) is 0 Å². The number of carboxylic acids is 1. The highest BCUT2D eigenvalue weighted by atomic mass is 19.1. The average Bonchev–Trinajstić information content (AvgIpc) is 2.37. The highest BCUT2D eigenvalue weighted by molar-refractivity contribution is 5.93. The minimum absolute atomic E-state index is 0.345. The Morgan fingerprint density at radius 2 is 2.16 bits per heavy atom. The molecule has 0 aliphatic carbocycles. The molecule has 2 N–H and O–H groups in total. The van der Waals surface area contributed by atoms with Crippen LogP contribution in [0.4, 0.5) is 14.9 Å². The molecule has 0 spiro atoms. The van der Waals surface area contributed by atoms with Crippen molar-refractivity contribution in [1.82, 2.24) is 5.32 Å². The topological polar surface area (TPSA) is 69.6 Å². The van der Waals surface area contributed by atoms with Crippen LogP contribution >= 0.6 is 0 Å². The predicted octanol–water partition coefficient (Wildman–Crippen LogP) is 2.22. The number of urea groups is 1. The van der Waals surface area contributed by atoms with E-state index in [0.717, 1.165) is 0 Å². The fraction of sp³-hybridized carbons (Fsp3) is 0.385. The quantitative estimate of drug-likeness (QED) is 0.860. The van der Waals surface area contributed by atoms with Crippen LogP contribution in [0.2, 0.25) is 0 Å². The van der Waals surface area contributed by atoms with Gasteiger partial charge >= 0.3 is 12.0 Å². The molecule has 0 radical (unpaired) electrons. The van der Waals surface area contributed by atoms with Crippen LogP contribution in [0.3, 0.4) is 0 Å². The normalized spacial score (nSPS) is 11.7. The summed E-state index contributed by atoms with van der Waals surface area (Å²) in [6.07, 6.45) is 0.985. The van der Waals surface area contributed by atoms with E-state index in [1.165, 1.54) is 30.1 Å². The Bertz CT molecular complexity index is 465. The number of aliphatic carboxylic acids is 1. The molecule has 2 amide bonds. The molecule has 0 fully saturated rings. The number of nitrogens with zero attached hydrogens (tertiary/aromatic N) is 1. The van der Waals surface area contributed by atoms with Gasteiger partial charge in [-0.15, -0.1) is 0 Å². The van der Waals surface area contributed by atoms with Gasteiger partial charge in [-0.05, 0) is 24.6 Å². The van der Waals surface area contributed by atoms with Gasteiger partial charge in [0.25, 0.3) is 0 Å². The first kappa shape index (κ1) is 14.9. The lowest BCUT2D eigenvalue weighted by molar-refractivity contribution is -0.139. The second-order valence-corrected chi connectivity index (χ2v) is 4.17. The number of carbonyl (C=O) groups excluding carboxylic acids is 1. The third-order valence-electron chi connectivity index (χ3n) is 2.67. The van der Waals surface area contributed by atoms with Crippen molar-refractivity contribution in [2.24, 2.45) is 0 Å². The largest absolute Gasteiger partial charge is 0.480 e. The first-order valence-electron chi connectivity index (χ1n) is 5.98. The molecule has 19 heavy (non-hydrogen) atoms. The van der Waals surface area contributed by atoms with Crippen LogP contribution in [0.5, 0.6) is 0 Å². The third kappa shape index (κ3) is 4.24. The van der Waals surface area contributed by atoms with Gasteiger partial charge in [-0.25, -0.2) is 14.0 Å². The third-order valence-corrected chi connectivity index (χ3v) is 2.67. The van der Waals surface area contributed by atoms with Crippen molar-refractivity contribution in [1.29, 1.82) is 0 Å². The van der Waals surface area contributed by atoms with Gasteiger partial charge in [0.15, 0.2) is 0 Å². The van der Waals surface area contributed by atoms with Crippen molar-refractivity contribution in [3.05, 3.63) is 30.1 Å². The summed E-state index contributed by atoms with van der Waals surface area (Å²) in [6.45, 7) is 1.83. The maximum Gasteiger partial charge on any atom is 0.326 e. The van der Waals surface area contributed by atoms with E-state index in [1.54, 1.807) is 6.07 Å². The lowest BCUT2D eigenvalue weighted by atomic mass is 10.2. The van der Waals surface area contributed by atoms with Gasteiger partial charge in [0.2, 0.25) is 0 Å². The second kappa shape index (κ2) is 6.72. The number of carbonyl (C=O) groups is 2. The van der Waals surface area contributed by atoms with Crippen LogP contribution in [-0.4, -0.2) is 30.2 Å². The molecule has 0 aliphatic rings. The molecule has 1 aromatic rings. The number of hydrogen-bond donors (Lipinski definition) is 2. The van der Waals surface area contributed by atoms with Gasteiger partial charge < -0.3 is 10.4 Å². The van der Waals surface area contributed by atoms with E-state index in [0.29, 0.717) is 18.5 Å². The van der Waals surface area contributed by atoms with Gasteiger partial charge in [0, 0.05) is 12.7 Å². The Hall–Kier alpha value is -2.11. The highest BCUT2D eigenvalue weighted by Crippen LogP contribution is 2.14. The molecule has 5 nitrogen and oxygen atoms in total. The van der Waals surface area contributed by atoms with E-state index >= 15 is 0 Å². The molecular weight excluding hydrogens is 251 g/mol. The van der Waals surface area contributed by atoms with Crippen LogP contribution < -0.4 is 10.2 Å². The van der Waals surface area contributed by atoms with Gasteiger partial charge in [0.1, 0.15) is 11.9 Å². The average molecular weight is 268 g/mol. The molecule has 0 aromatic heterocycles. The van der Waals surface area contributed by atoms with Crippen LogP contribution in [0.25, 0.3) is 0 Å². The monoisotopic (exact) mass is 268 g/mol. The number of hydrogen-bond acceptors (Lipinski definition) is 2. The Morgan fingerprint density at radius 3 is 2.68 bits per heavy atom. The molecule has 0 saturated heterocycles. The smallest absolute Gasteiger partial charge is 0.326 e. The zero-order valence-electron chi connectivity index (χ0n) is 10.9. The summed E-state index contributed by atoms with van der Waals surface area (Å²) < 4.78 is 13.0. The zero-order chi connectivity index (χ0) is 14.4. The first-order chi connectivity index (χ1) is 8.95. The molecular formula is C13H17FN2O3. The minimum Gasteiger partial charge on any atom is -0.480 e.